The molecule has 0 aliphatic heterocycles. The third-order valence-electron chi connectivity index (χ3n) is 5.52. The van der Waals surface area contributed by atoms with E-state index in [2.05, 4.69) is 15.5 Å². The van der Waals surface area contributed by atoms with E-state index >= 15 is 0 Å². The number of benzene rings is 4. The summed E-state index contributed by atoms with van der Waals surface area (Å²) in [6.45, 7) is 1.41. The molecule has 37 heavy (non-hydrogen) atoms. The molecule has 0 saturated carbocycles. The Labute approximate surface area is 222 Å². The van der Waals surface area contributed by atoms with Crippen molar-refractivity contribution in [2.24, 2.45) is 10.2 Å². The average molecular weight is 560 g/mol. The van der Waals surface area contributed by atoms with Gasteiger partial charge in [0.1, 0.15) is 21.4 Å². The summed E-state index contributed by atoms with van der Waals surface area (Å²) < 4.78 is 38.2. The second kappa shape index (κ2) is 10.3. The molecule has 0 spiro atoms. The highest BCUT2D eigenvalue weighted by Crippen LogP contribution is 2.41. The van der Waals surface area contributed by atoms with Crippen LogP contribution in [0, 0.1) is 6.92 Å². The molecular weight excluding hydrogens is 541 g/mol. The Morgan fingerprint density at radius 2 is 1.76 bits per heavy atom. The zero-order chi connectivity index (χ0) is 26.9. The zero-order valence-corrected chi connectivity index (χ0v) is 21.7. The number of phenolic OH excluding ortho intramolecular Hbond substituents is 1. The molecule has 0 radical (unpaired) electrons. The number of methoxy groups -OCH3 is 1. The number of fused-ring (bicyclic) bond motifs is 1. The monoisotopic (exact) mass is 559 g/mol. The zero-order valence-electron chi connectivity index (χ0n) is 19.4. The first-order valence-electron chi connectivity index (χ1n) is 10.6. The van der Waals surface area contributed by atoms with Crippen molar-refractivity contribution >= 4 is 67.1 Å². The summed E-state index contributed by atoms with van der Waals surface area (Å²) in [4.78, 5) is 12.7. The van der Waals surface area contributed by atoms with E-state index in [1.54, 1.807) is 42.5 Å². The molecule has 9 nitrogen and oxygen atoms in total. The topological polar surface area (TPSA) is 138 Å². The number of aromatic hydroxyl groups is 1. The van der Waals surface area contributed by atoms with Gasteiger partial charge >= 0.3 is 0 Å². The summed E-state index contributed by atoms with van der Waals surface area (Å²) in [6, 6.07) is 15.9. The fourth-order valence-electron chi connectivity index (χ4n) is 3.72. The molecule has 190 valence electrons. The Morgan fingerprint density at radius 1 is 1.03 bits per heavy atom. The van der Waals surface area contributed by atoms with Gasteiger partial charge in [-0.1, -0.05) is 53.5 Å². The number of anilines is 1. The minimum Gasteiger partial charge on any atom is -0.505 e. The van der Waals surface area contributed by atoms with Gasteiger partial charge in [0.05, 0.1) is 29.1 Å². The lowest BCUT2D eigenvalue weighted by Gasteiger charge is -2.13. The van der Waals surface area contributed by atoms with Crippen molar-refractivity contribution in [3.05, 3.63) is 81.8 Å². The maximum Gasteiger partial charge on any atom is 0.296 e. The van der Waals surface area contributed by atoms with Gasteiger partial charge < -0.3 is 15.2 Å². The van der Waals surface area contributed by atoms with Gasteiger partial charge in [-0.15, -0.1) is 5.11 Å². The first-order chi connectivity index (χ1) is 17.5. The van der Waals surface area contributed by atoms with E-state index in [-0.39, 0.29) is 38.2 Å². The molecule has 0 aliphatic carbocycles. The number of hydrogen-bond donors (Lipinski definition) is 3. The van der Waals surface area contributed by atoms with Crippen LogP contribution in [-0.4, -0.2) is 31.1 Å². The number of amides is 1. The van der Waals surface area contributed by atoms with Crippen molar-refractivity contribution in [2.45, 2.75) is 11.8 Å². The Morgan fingerprint density at radius 3 is 2.46 bits per heavy atom. The van der Waals surface area contributed by atoms with Crippen LogP contribution in [-0.2, 0) is 10.1 Å². The second-order valence-corrected chi connectivity index (χ2v) is 9.96. The number of ether oxygens (including phenoxy) is 1. The highest BCUT2D eigenvalue weighted by Gasteiger charge is 2.22. The quantitative estimate of drug-likeness (QED) is 0.170. The number of rotatable bonds is 6. The first kappa shape index (κ1) is 26.4. The van der Waals surface area contributed by atoms with Gasteiger partial charge in [0.15, 0.2) is 5.75 Å². The third kappa shape index (κ3) is 5.23. The normalized spacial score (nSPS) is 11.7. The molecule has 3 N–H and O–H groups in total. The predicted molar refractivity (Wildman–Crippen MR) is 142 cm³/mol. The molecule has 0 bridgehead atoms. The van der Waals surface area contributed by atoms with Gasteiger partial charge in [-0.2, -0.15) is 13.5 Å². The number of hydrogen-bond acceptors (Lipinski definition) is 7. The van der Waals surface area contributed by atoms with Crippen molar-refractivity contribution in [1.29, 1.82) is 0 Å². The number of halogens is 2. The molecule has 4 aromatic rings. The van der Waals surface area contributed by atoms with E-state index in [0.29, 0.717) is 16.5 Å². The Kier molecular flexibility index (Phi) is 7.37. The van der Waals surface area contributed by atoms with E-state index in [9.17, 15) is 22.9 Å². The fourth-order valence-corrected chi connectivity index (χ4v) is 5.28. The van der Waals surface area contributed by atoms with Gasteiger partial charge in [0.2, 0.25) is 0 Å². The maximum atomic E-state index is 13.2. The SMILES string of the molecule is COc1cccc(NC(=O)c2cc3ccccc3c(N=Nc3ccc(Cl)c(S(=O)(=O)O)c3C)c2O)c1Cl. The lowest BCUT2D eigenvalue weighted by atomic mass is 10.0. The minimum atomic E-state index is -4.62. The van der Waals surface area contributed by atoms with Crippen molar-refractivity contribution in [3.8, 4) is 11.5 Å². The van der Waals surface area contributed by atoms with Crippen LogP contribution in [0.15, 0.2) is 75.8 Å². The predicted octanol–water partition coefficient (Wildman–Crippen LogP) is 7.08. The van der Waals surface area contributed by atoms with Gasteiger partial charge in [-0.25, -0.2) is 0 Å². The van der Waals surface area contributed by atoms with Crippen LogP contribution >= 0.6 is 23.2 Å². The Hall–Kier alpha value is -3.70. The van der Waals surface area contributed by atoms with E-state index in [1.807, 2.05) is 0 Å². The highest BCUT2D eigenvalue weighted by atomic mass is 35.5. The smallest absolute Gasteiger partial charge is 0.296 e. The molecule has 4 aromatic carbocycles. The molecule has 12 heteroatoms. The van der Waals surface area contributed by atoms with E-state index < -0.39 is 26.7 Å². The molecule has 0 fully saturated rings. The molecule has 0 heterocycles. The minimum absolute atomic E-state index is 0.0252. The lowest BCUT2D eigenvalue weighted by molar-refractivity contribution is 0.102. The molecule has 0 aliphatic rings. The van der Waals surface area contributed by atoms with Gasteiger partial charge in [-0.3, -0.25) is 9.35 Å². The fraction of sp³-hybridized carbons (Fsp3) is 0.0800. The first-order valence-corrected chi connectivity index (χ1v) is 12.8. The lowest BCUT2D eigenvalue weighted by Crippen LogP contribution is -2.12. The van der Waals surface area contributed by atoms with Crippen LogP contribution in [0.5, 0.6) is 11.5 Å². The van der Waals surface area contributed by atoms with Crippen LogP contribution in [0.4, 0.5) is 17.1 Å². The van der Waals surface area contributed by atoms with Gasteiger partial charge in [0, 0.05) is 5.39 Å². The number of carbonyl (C=O) groups is 1. The molecule has 0 aromatic heterocycles. The van der Waals surface area contributed by atoms with Gasteiger partial charge in [-0.05, 0) is 48.2 Å². The summed E-state index contributed by atoms with van der Waals surface area (Å²) in [7, 11) is -3.18. The maximum absolute atomic E-state index is 13.2. The molecule has 0 atom stereocenters. The molecule has 0 saturated heterocycles. The van der Waals surface area contributed by atoms with E-state index in [1.165, 1.54) is 32.2 Å². The molecule has 0 unspecified atom stereocenters. The standard InChI is InChI=1S/C25H19Cl2N3O6S/c1-13-18(11-10-17(26)24(13)37(33,34)35)29-30-22-15-7-4-3-6-14(15)12-16(23(22)31)25(32)28-19-8-5-9-20(36-2)21(19)27/h3-12,31H,1-2H3,(H,28,32)(H,33,34,35). The summed E-state index contributed by atoms with van der Waals surface area (Å²) in [5.74, 6) is -0.758. The number of nitrogens with one attached hydrogen (secondary N) is 1. The molecule has 4 rings (SSSR count). The summed E-state index contributed by atoms with van der Waals surface area (Å²) in [5.41, 5.74) is 0.291. The average Bonchev–Trinajstić information content (AvgIpc) is 2.84. The van der Waals surface area contributed by atoms with Crippen LogP contribution < -0.4 is 10.1 Å². The summed E-state index contributed by atoms with van der Waals surface area (Å²) in [6.07, 6.45) is 0. The largest absolute Gasteiger partial charge is 0.505 e. The Balaban J connectivity index is 1.82. The number of azo groups is 1. The van der Waals surface area contributed by atoms with Gasteiger partial charge in [0.25, 0.3) is 16.0 Å². The van der Waals surface area contributed by atoms with Crippen LogP contribution in [0.3, 0.4) is 0 Å². The van der Waals surface area contributed by atoms with Crippen molar-refractivity contribution in [3.63, 3.8) is 0 Å². The van der Waals surface area contributed by atoms with Crippen LogP contribution in [0.25, 0.3) is 10.8 Å². The second-order valence-electron chi connectivity index (χ2n) is 7.81. The molecule has 1 amide bonds. The van der Waals surface area contributed by atoms with Crippen LogP contribution in [0.2, 0.25) is 10.0 Å². The number of phenols is 1. The highest BCUT2D eigenvalue weighted by molar-refractivity contribution is 7.86. The third-order valence-corrected chi connectivity index (χ3v) is 7.38. The van der Waals surface area contributed by atoms with Crippen LogP contribution in [0.1, 0.15) is 15.9 Å². The number of carbonyl (C=O) groups excluding carboxylic acids is 1. The van der Waals surface area contributed by atoms with Crippen molar-refractivity contribution < 1.29 is 27.6 Å². The summed E-state index contributed by atoms with van der Waals surface area (Å²) >= 11 is 12.2. The van der Waals surface area contributed by atoms with E-state index in [4.69, 9.17) is 27.9 Å². The van der Waals surface area contributed by atoms with Crippen molar-refractivity contribution in [1.82, 2.24) is 0 Å². The number of nitrogens with zero attached hydrogens (tertiary/aromatic N) is 2. The van der Waals surface area contributed by atoms with E-state index in [0.717, 1.165) is 0 Å². The summed E-state index contributed by atoms with van der Waals surface area (Å²) in [5, 5.41) is 23.0. The Bertz CT molecular complexity index is 1690. The molecular formula is C25H19Cl2N3O6S. The van der Waals surface area contributed by atoms with Crippen molar-refractivity contribution in [2.75, 3.05) is 12.4 Å².